The first-order chi connectivity index (χ1) is 6.84. The number of carboxylic acid groups (broad SMARTS) is 1. The van der Waals surface area contributed by atoms with Gasteiger partial charge in [-0.25, -0.2) is 0 Å². The van der Waals surface area contributed by atoms with Crippen LogP contribution in [0.15, 0.2) is 4.99 Å². The Balaban J connectivity index is 4.35. The standard InChI is InChI=1S/C8H16N4O3/c1-4(13)5(3-12-8(10)11)2-6(9)7(14)15/h5-6H,2-3,9H2,1H3,(H,14,15)(H4,10,11,12)/t5?,6-/m0/s1. The molecule has 2 atom stereocenters. The Labute approximate surface area is 87.3 Å². The number of nitrogens with zero attached hydrogens (tertiary/aromatic N) is 1. The Hall–Kier alpha value is -1.63. The summed E-state index contributed by atoms with van der Waals surface area (Å²) in [7, 11) is 0. The van der Waals surface area contributed by atoms with Gasteiger partial charge >= 0.3 is 5.97 Å². The van der Waals surface area contributed by atoms with Crippen molar-refractivity contribution in [3.8, 4) is 0 Å². The maximum atomic E-state index is 11.1. The molecule has 0 saturated carbocycles. The van der Waals surface area contributed by atoms with Gasteiger partial charge in [0.2, 0.25) is 0 Å². The Morgan fingerprint density at radius 2 is 1.93 bits per heavy atom. The van der Waals surface area contributed by atoms with E-state index in [1.165, 1.54) is 6.92 Å². The molecule has 0 heterocycles. The highest BCUT2D eigenvalue weighted by molar-refractivity contribution is 5.81. The first kappa shape index (κ1) is 13.4. The highest BCUT2D eigenvalue weighted by Gasteiger charge is 2.21. The predicted octanol–water partition coefficient (Wildman–Crippen LogP) is -1.73. The van der Waals surface area contributed by atoms with Crippen molar-refractivity contribution in [1.29, 1.82) is 0 Å². The third-order valence-corrected chi connectivity index (χ3v) is 1.92. The molecule has 1 unspecified atom stereocenters. The maximum absolute atomic E-state index is 11.1. The number of hydrogen-bond acceptors (Lipinski definition) is 4. The van der Waals surface area contributed by atoms with Gasteiger partial charge in [-0.1, -0.05) is 0 Å². The Morgan fingerprint density at radius 1 is 1.40 bits per heavy atom. The molecular weight excluding hydrogens is 200 g/mol. The lowest BCUT2D eigenvalue weighted by Gasteiger charge is -2.13. The van der Waals surface area contributed by atoms with Crippen LogP contribution in [0.5, 0.6) is 0 Å². The smallest absolute Gasteiger partial charge is 0.320 e. The summed E-state index contributed by atoms with van der Waals surface area (Å²) in [5, 5.41) is 8.57. The zero-order chi connectivity index (χ0) is 12.0. The molecule has 0 aliphatic carbocycles. The second-order valence-corrected chi connectivity index (χ2v) is 3.25. The number of ketones is 1. The van der Waals surface area contributed by atoms with Crippen molar-refractivity contribution < 1.29 is 14.7 Å². The molecule has 0 aromatic carbocycles. The third kappa shape index (κ3) is 5.63. The number of carbonyl (C=O) groups is 2. The minimum absolute atomic E-state index is 0.0292. The molecule has 0 bridgehead atoms. The van der Waals surface area contributed by atoms with Gasteiger partial charge in [-0.3, -0.25) is 14.6 Å². The topological polar surface area (TPSA) is 145 Å². The van der Waals surface area contributed by atoms with E-state index >= 15 is 0 Å². The van der Waals surface area contributed by atoms with Crippen molar-refractivity contribution in [2.24, 2.45) is 28.1 Å². The van der Waals surface area contributed by atoms with E-state index in [2.05, 4.69) is 4.99 Å². The van der Waals surface area contributed by atoms with Crippen LogP contribution in [0.3, 0.4) is 0 Å². The van der Waals surface area contributed by atoms with Crippen molar-refractivity contribution >= 4 is 17.7 Å². The van der Waals surface area contributed by atoms with Gasteiger partial charge in [-0.2, -0.15) is 0 Å². The highest BCUT2D eigenvalue weighted by atomic mass is 16.4. The summed E-state index contributed by atoms with van der Waals surface area (Å²) >= 11 is 0. The molecule has 0 saturated heterocycles. The van der Waals surface area contributed by atoms with Crippen LogP contribution >= 0.6 is 0 Å². The highest BCUT2D eigenvalue weighted by Crippen LogP contribution is 2.08. The van der Waals surface area contributed by atoms with Crippen LogP contribution in [0.25, 0.3) is 0 Å². The van der Waals surface area contributed by atoms with Gasteiger partial charge in [0.1, 0.15) is 11.8 Å². The van der Waals surface area contributed by atoms with Gasteiger partial charge in [-0.15, -0.1) is 0 Å². The summed E-state index contributed by atoms with van der Waals surface area (Å²) in [4.78, 5) is 25.3. The van der Waals surface area contributed by atoms with Crippen molar-refractivity contribution in [1.82, 2.24) is 0 Å². The maximum Gasteiger partial charge on any atom is 0.320 e. The average molecular weight is 216 g/mol. The van der Waals surface area contributed by atoms with E-state index in [1.54, 1.807) is 0 Å². The number of aliphatic imine (C=N–C) groups is 1. The molecule has 7 N–H and O–H groups in total. The Kier molecular flexibility index (Phi) is 5.32. The molecular formula is C8H16N4O3. The predicted molar refractivity (Wildman–Crippen MR) is 55.1 cm³/mol. The number of aliphatic carboxylic acids is 1. The summed E-state index contributed by atoms with van der Waals surface area (Å²) in [5.74, 6) is -2.02. The van der Waals surface area contributed by atoms with Crippen LogP contribution in [0, 0.1) is 5.92 Å². The number of nitrogens with two attached hydrogens (primary N) is 3. The van der Waals surface area contributed by atoms with E-state index in [0.29, 0.717) is 0 Å². The molecule has 7 nitrogen and oxygen atoms in total. The van der Waals surface area contributed by atoms with E-state index in [4.69, 9.17) is 22.3 Å². The largest absolute Gasteiger partial charge is 0.480 e. The molecule has 0 aromatic heterocycles. The van der Waals surface area contributed by atoms with Crippen LogP contribution in [0.2, 0.25) is 0 Å². The van der Waals surface area contributed by atoms with Crippen molar-refractivity contribution in [2.75, 3.05) is 6.54 Å². The fourth-order valence-electron chi connectivity index (χ4n) is 0.992. The molecule has 0 amide bonds. The van der Waals surface area contributed by atoms with Crippen LogP contribution in [-0.4, -0.2) is 35.4 Å². The van der Waals surface area contributed by atoms with Crippen molar-refractivity contribution in [3.63, 3.8) is 0 Å². The fourth-order valence-corrected chi connectivity index (χ4v) is 0.992. The first-order valence-corrected chi connectivity index (χ1v) is 4.38. The zero-order valence-corrected chi connectivity index (χ0v) is 8.51. The summed E-state index contributed by atoms with van der Waals surface area (Å²) in [5.41, 5.74) is 15.5. The molecule has 0 aromatic rings. The number of carbonyl (C=O) groups excluding carboxylic acids is 1. The molecule has 0 aliphatic rings. The summed E-state index contributed by atoms with van der Waals surface area (Å²) in [6, 6.07) is -1.08. The van der Waals surface area contributed by atoms with Crippen molar-refractivity contribution in [2.45, 2.75) is 19.4 Å². The second-order valence-electron chi connectivity index (χ2n) is 3.25. The number of carboxylic acids is 1. The van der Waals surface area contributed by atoms with Gasteiger partial charge in [0.15, 0.2) is 5.96 Å². The fraction of sp³-hybridized carbons (Fsp3) is 0.625. The second kappa shape index (κ2) is 5.97. The van der Waals surface area contributed by atoms with Crippen molar-refractivity contribution in [3.05, 3.63) is 0 Å². The Morgan fingerprint density at radius 3 is 2.27 bits per heavy atom. The average Bonchev–Trinajstić information content (AvgIpc) is 2.10. The minimum Gasteiger partial charge on any atom is -0.480 e. The van der Waals surface area contributed by atoms with E-state index in [0.717, 1.165) is 0 Å². The minimum atomic E-state index is -1.15. The molecule has 0 rings (SSSR count). The number of rotatable bonds is 6. The first-order valence-electron chi connectivity index (χ1n) is 4.38. The molecule has 7 heteroatoms. The third-order valence-electron chi connectivity index (χ3n) is 1.92. The van der Waals surface area contributed by atoms with Gasteiger partial charge in [-0.05, 0) is 13.3 Å². The zero-order valence-electron chi connectivity index (χ0n) is 8.51. The number of guanidine groups is 1. The monoisotopic (exact) mass is 216 g/mol. The summed E-state index contributed by atoms with van der Waals surface area (Å²) in [6.07, 6.45) is 0.0292. The quantitative estimate of drug-likeness (QED) is 0.306. The van der Waals surface area contributed by atoms with E-state index < -0.39 is 17.9 Å². The lowest BCUT2D eigenvalue weighted by molar-refractivity contribution is -0.139. The molecule has 0 radical (unpaired) electrons. The van der Waals surface area contributed by atoms with E-state index in [-0.39, 0.29) is 24.7 Å². The van der Waals surface area contributed by atoms with Gasteiger partial charge < -0.3 is 22.3 Å². The lowest BCUT2D eigenvalue weighted by atomic mass is 9.97. The van der Waals surface area contributed by atoms with Gasteiger partial charge in [0.05, 0.1) is 6.54 Å². The lowest BCUT2D eigenvalue weighted by Crippen LogP contribution is -2.35. The van der Waals surface area contributed by atoms with E-state index in [1.807, 2.05) is 0 Å². The van der Waals surface area contributed by atoms with Gasteiger partial charge in [0.25, 0.3) is 0 Å². The SMILES string of the molecule is CC(=O)C(CN=C(N)N)C[C@H](N)C(=O)O. The van der Waals surface area contributed by atoms with Crippen LogP contribution in [0.1, 0.15) is 13.3 Å². The number of hydrogen-bond donors (Lipinski definition) is 4. The molecule has 86 valence electrons. The number of Topliss-reactive ketones (excluding diaryl/α,β-unsaturated/α-hetero) is 1. The van der Waals surface area contributed by atoms with E-state index in [9.17, 15) is 9.59 Å². The van der Waals surface area contributed by atoms with Crippen LogP contribution < -0.4 is 17.2 Å². The molecule has 0 spiro atoms. The molecule has 0 aliphatic heterocycles. The van der Waals surface area contributed by atoms with Gasteiger partial charge in [0, 0.05) is 5.92 Å². The summed E-state index contributed by atoms with van der Waals surface area (Å²) < 4.78 is 0. The summed E-state index contributed by atoms with van der Waals surface area (Å²) in [6.45, 7) is 1.42. The van der Waals surface area contributed by atoms with Crippen LogP contribution in [0.4, 0.5) is 0 Å². The molecule has 15 heavy (non-hydrogen) atoms. The molecule has 0 fully saturated rings. The Bertz CT molecular complexity index is 273. The van der Waals surface area contributed by atoms with Crippen LogP contribution in [-0.2, 0) is 9.59 Å². The normalized spacial score (nSPS) is 14.0.